The van der Waals surface area contributed by atoms with Crippen molar-refractivity contribution in [3.8, 4) is 5.75 Å². The average molecular weight is 441 g/mol. The van der Waals surface area contributed by atoms with E-state index < -0.39 is 20.0 Å². The zero-order chi connectivity index (χ0) is 21.4. The van der Waals surface area contributed by atoms with E-state index in [2.05, 4.69) is 0 Å². The number of nitrogens with two attached hydrogens (primary N) is 1. The molecule has 0 saturated carbocycles. The third-order valence-electron chi connectivity index (χ3n) is 4.78. The Morgan fingerprint density at radius 2 is 1.76 bits per heavy atom. The maximum absolute atomic E-state index is 13.3. The van der Waals surface area contributed by atoms with E-state index in [-0.39, 0.29) is 15.8 Å². The number of primary sulfonamides is 1. The van der Waals surface area contributed by atoms with Gasteiger partial charge in [0.05, 0.1) is 22.1 Å². The van der Waals surface area contributed by atoms with Crippen LogP contribution in [0.25, 0.3) is 0 Å². The lowest BCUT2D eigenvalue weighted by atomic mass is 10.1. The molecule has 0 aromatic heterocycles. The SMILES string of the molecule is COCCOc1ccc(S(=O)(=O)N2c3ccc(S(N)(=O)=O)cc3CC2C)cc1C. The summed E-state index contributed by atoms with van der Waals surface area (Å²) in [6.45, 7) is 4.36. The Balaban J connectivity index is 1.96. The van der Waals surface area contributed by atoms with Crippen LogP contribution in [0, 0.1) is 6.92 Å². The van der Waals surface area contributed by atoms with Crippen LogP contribution in [-0.2, 0) is 31.2 Å². The molecule has 2 N–H and O–H groups in total. The van der Waals surface area contributed by atoms with Crippen LogP contribution in [0.3, 0.4) is 0 Å². The summed E-state index contributed by atoms with van der Waals surface area (Å²) in [6, 6.07) is 8.61. The van der Waals surface area contributed by atoms with Gasteiger partial charge in [-0.15, -0.1) is 0 Å². The molecular weight excluding hydrogens is 416 g/mol. The van der Waals surface area contributed by atoms with Crippen molar-refractivity contribution in [2.45, 2.75) is 36.1 Å². The number of aryl methyl sites for hydroxylation is 1. The number of nitrogens with zero attached hydrogens (tertiary/aromatic N) is 1. The van der Waals surface area contributed by atoms with E-state index in [1.807, 2.05) is 0 Å². The average Bonchev–Trinajstić information content (AvgIpc) is 2.98. The highest BCUT2D eigenvalue weighted by Crippen LogP contribution is 2.38. The predicted octanol–water partition coefficient (Wildman–Crippen LogP) is 1.81. The van der Waals surface area contributed by atoms with Gasteiger partial charge in [-0.25, -0.2) is 22.0 Å². The second-order valence-electron chi connectivity index (χ2n) is 6.96. The maximum atomic E-state index is 13.3. The Hall–Kier alpha value is -2.14. The van der Waals surface area contributed by atoms with Crippen LogP contribution in [0.5, 0.6) is 5.75 Å². The van der Waals surface area contributed by atoms with E-state index in [0.29, 0.717) is 42.2 Å². The summed E-state index contributed by atoms with van der Waals surface area (Å²) in [5.41, 5.74) is 1.78. The maximum Gasteiger partial charge on any atom is 0.264 e. The van der Waals surface area contributed by atoms with Gasteiger partial charge in [-0.2, -0.15) is 0 Å². The van der Waals surface area contributed by atoms with Crippen molar-refractivity contribution in [3.05, 3.63) is 47.5 Å². The van der Waals surface area contributed by atoms with Crippen molar-refractivity contribution in [3.63, 3.8) is 0 Å². The molecule has 0 radical (unpaired) electrons. The fraction of sp³-hybridized carbons (Fsp3) is 0.368. The van der Waals surface area contributed by atoms with Crippen LogP contribution in [0.4, 0.5) is 5.69 Å². The Morgan fingerprint density at radius 1 is 1.07 bits per heavy atom. The number of ether oxygens (including phenoxy) is 2. The van der Waals surface area contributed by atoms with E-state index in [9.17, 15) is 16.8 Å². The second-order valence-corrected chi connectivity index (χ2v) is 10.3. The van der Waals surface area contributed by atoms with Crippen LogP contribution in [0.2, 0.25) is 0 Å². The molecule has 1 aliphatic heterocycles. The largest absolute Gasteiger partial charge is 0.491 e. The fourth-order valence-corrected chi connectivity index (χ4v) is 5.76. The first-order valence-electron chi connectivity index (χ1n) is 8.98. The standard InChI is InChI=1S/C19H24N2O6S2/c1-13-10-17(5-7-19(13)27-9-8-26-3)29(24,25)21-14(2)11-15-12-16(28(20,22)23)4-6-18(15)21/h4-7,10,12,14H,8-9,11H2,1-3H3,(H2,20,22,23). The molecule has 1 unspecified atom stereocenters. The Morgan fingerprint density at radius 3 is 2.38 bits per heavy atom. The number of hydrogen-bond donors (Lipinski definition) is 1. The van der Waals surface area contributed by atoms with Crippen molar-refractivity contribution >= 4 is 25.7 Å². The lowest BCUT2D eigenvalue weighted by Crippen LogP contribution is -2.35. The normalized spacial score (nSPS) is 16.7. The highest BCUT2D eigenvalue weighted by atomic mass is 32.2. The summed E-state index contributed by atoms with van der Waals surface area (Å²) in [5, 5.41) is 5.19. The van der Waals surface area contributed by atoms with E-state index in [1.54, 1.807) is 33.1 Å². The van der Waals surface area contributed by atoms with Gasteiger partial charge in [0.2, 0.25) is 10.0 Å². The highest BCUT2D eigenvalue weighted by molar-refractivity contribution is 7.93. The minimum absolute atomic E-state index is 0.0314. The zero-order valence-electron chi connectivity index (χ0n) is 16.5. The third-order valence-corrected chi connectivity index (χ3v) is 7.62. The molecule has 1 aliphatic rings. The van der Waals surface area contributed by atoms with Crippen LogP contribution in [0.1, 0.15) is 18.1 Å². The molecule has 1 atom stereocenters. The summed E-state index contributed by atoms with van der Waals surface area (Å²) in [4.78, 5) is 0.111. The van der Waals surface area contributed by atoms with Crippen LogP contribution in [-0.4, -0.2) is 43.2 Å². The molecule has 0 spiro atoms. The quantitative estimate of drug-likeness (QED) is 0.657. The molecule has 29 heavy (non-hydrogen) atoms. The van der Waals surface area contributed by atoms with Gasteiger partial charge in [0.25, 0.3) is 10.0 Å². The first-order valence-corrected chi connectivity index (χ1v) is 12.0. The molecule has 0 bridgehead atoms. The molecule has 2 aromatic rings. The topological polar surface area (TPSA) is 116 Å². The minimum atomic E-state index is -3.86. The monoisotopic (exact) mass is 440 g/mol. The smallest absolute Gasteiger partial charge is 0.264 e. The molecule has 2 aromatic carbocycles. The number of anilines is 1. The molecule has 8 nitrogen and oxygen atoms in total. The van der Waals surface area contributed by atoms with Gasteiger partial charge in [0.15, 0.2) is 0 Å². The van der Waals surface area contributed by atoms with Crippen molar-refractivity contribution in [1.29, 1.82) is 0 Å². The molecule has 0 aliphatic carbocycles. The van der Waals surface area contributed by atoms with Gasteiger partial charge in [0.1, 0.15) is 12.4 Å². The first kappa shape index (κ1) is 21.6. The van der Waals surface area contributed by atoms with Crippen LogP contribution < -0.4 is 14.2 Å². The molecule has 0 amide bonds. The fourth-order valence-electron chi connectivity index (χ4n) is 3.42. The number of rotatable bonds is 7. The van der Waals surface area contributed by atoms with Crippen molar-refractivity contribution in [2.75, 3.05) is 24.6 Å². The first-order chi connectivity index (χ1) is 13.6. The predicted molar refractivity (Wildman–Crippen MR) is 109 cm³/mol. The van der Waals surface area contributed by atoms with Crippen LogP contribution >= 0.6 is 0 Å². The van der Waals surface area contributed by atoms with Crippen molar-refractivity contribution < 1.29 is 26.3 Å². The highest BCUT2D eigenvalue weighted by Gasteiger charge is 2.36. The second kappa shape index (κ2) is 7.94. The number of methoxy groups -OCH3 is 1. The lowest BCUT2D eigenvalue weighted by molar-refractivity contribution is 0.146. The molecular formula is C19H24N2O6S2. The number of fused-ring (bicyclic) bond motifs is 1. The molecule has 0 fully saturated rings. The number of sulfonamides is 2. The minimum Gasteiger partial charge on any atom is -0.491 e. The Kier molecular flexibility index (Phi) is 5.91. The van der Waals surface area contributed by atoms with Crippen LogP contribution in [0.15, 0.2) is 46.2 Å². The molecule has 10 heteroatoms. The summed E-state index contributed by atoms with van der Waals surface area (Å²) in [5.74, 6) is 0.591. The van der Waals surface area contributed by atoms with E-state index >= 15 is 0 Å². The third kappa shape index (κ3) is 4.25. The van der Waals surface area contributed by atoms with Crippen molar-refractivity contribution in [1.82, 2.24) is 0 Å². The molecule has 0 saturated heterocycles. The molecule has 158 valence electrons. The summed E-state index contributed by atoms with van der Waals surface area (Å²) < 4.78 is 61.7. The molecule has 3 rings (SSSR count). The van der Waals surface area contributed by atoms with E-state index in [0.717, 1.165) is 0 Å². The summed E-state index contributed by atoms with van der Waals surface area (Å²) in [6.07, 6.45) is 0.398. The van der Waals surface area contributed by atoms with Gasteiger partial charge in [0, 0.05) is 13.2 Å². The lowest BCUT2D eigenvalue weighted by Gasteiger charge is -2.25. The number of benzene rings is 2. The van der Waals surface area contributed by atoms with E-state index in [4.69, 9.17) is 14.6 Å². The summed E-state index contributed by atoms with van der Waals surface area (Å²) in [7, 11) is -6.12. The Labute approximate surface area is 171 Å². The summed E-state index contributed by atoms with van der Waals surface area (Å²) >= 11 is 0. The van der Waals surface area contributed by atoms with Gasteiger partial charge < -0.3 is 9.47 Å². The van der Waals surface area contributed by atoms with E-state index in [1.165, 1.54) is 28.6 Å². The van der Waals surface area contributed by atoms with Gasteiger partial charge in [-0.3, -0.25) is 4.31 Å². The zero-order valence-corrected chi connectivity index (χ0v) is 18.1. The van der Waals surface area contributed by atoms with Gasteiger partial charge in [-0.05, 0) is 67.8 Å². The molecule has 1 heterocycles. The number of hydrogen-bond acceptors (Lipinski definition) is 6. The van der Waals surface area contributed by atoms with Gasteiger partial charge in [-0.1, -0.05) is 0 Å². The van der Waals surface area contributed by atoms with Gasteiger partial charge >= 0.3 is 0 Å². The Bertz CT molecular complexity index is 1130. The van der Waals surface area contributed by atoms with Crippen molar-refractivity contribution in [2.24, 2.45) is 5.14 Å².